The van der Waals surface area contributed by atoms with Crippen molar-refractivity contribution in [1.82, 2.24) is 10.6 Å². The van der Waals surface area contributed by atoms with Gasteiger partial charge in [0.1, 0.15) is 0 Å². The Kier molecular flexibility index (Phi) is 8.80. The second kappa shape index (κ2) is 9.33. The molecule has 0 aromatic heterocycles. The molecule has 1 atom stereocenters. The van der Waals surface area contributed by atoms with E-state index in [0.29, 0.717) is 6.54 Å². The fraction of sp³-hybridized carbons (Fsp3) is 0.800. The smallest absolute Gasteiger partial charge is 0.315 e. The highest BCUT2D eigenvalue weighted by Gasteiger charge is 2.09. The van der Waals surface area contributed by atoms with Gasteiger partial charge in [-0.05, 0) is 31.8 Å². The van der Waals surface area contributed by atoms with E-state index in [1.54, 1.807) is 18.7 Å². The Bertz CT molecular complexity index is 224. The number of aliphatic carboxylic acids is 1. The van der Waals surface area contributed by atoms with E-state index in [0.717, 1.165) is 18.6 Å². The Balaban J connectivity index is 3.47. The minimum Gasteiger partial charge on any atom is -0.481 e. The summed E-state index contributed by atoms with van der Waals surface area (Å²) in [7, 11) is 0. The van der Waals surface area contributed by atoms with Gasteiger partial charge in [0.15, 0.2) is 0 Å². The lowest BCUT2D eigenvalue weighted by Gasteiger charge is -2.12. The maximum Gasteiger partial charge on any atom is 0.315 e. The van der Waals surface area contributed by atoms with Gasteiger partial charge in [-0.2, -0.15) is 11.8 Å². The zero-order chi connectivity index (χ0) is 12.4. The number of nitrogens with one attached hydrogen (secondary N) is 2. The standard InChI is InChI=1S/C10H20N2O3S/c1-8(7-9(13)14)12-10(15)11-5-3-4-6-16-2/h8H,3-7H2,1-2H3,(H,13,14)(H2,11,12,15). The Morgan fingerprint density at radius 3 is 2.62 bits per heavy atom. The number of urea groups is 1. The SMILES string of the molecule is CSCCCCNC(=O)NC(C)CC(=O)O. The summed E-state index contributed by atoms with van der Waals surface area (Å²) < 4.78 is 0. The number of unbranched alkanes of at least 4 members (excludes halogenated alkanes) is 1. The molecular formula is C10H20N2O3S. The molecule has 0 radical (unpaired) electrons. The molecule has 0 aliphatic rings. The summed E-state index contributed by atoms with van der Waals surface area (Å²) in [5, 5.41) is 13.8. The molecule has 6 heteroatoms. The fourth-order valence-electron chi connectivity index (χ4n) is 1.16. The van der Waals surface area contributed by atoms with Crippen LogP contribution in [-0.2, 0) is 4.79 Å². The van der Waals surface area contributed by atoms with Crippen LogP contribution in [0.2, 0.25) is 0 Å². The van der Waals surface area contributed by atoms with E-state index < -0.39 is 5.97 Å². The highest BCUT2D eigenvalue weighted by Crippen LogP contribution is 1.97. The third kappa shape index (κ3) is 9.64. The maximum absolute atomic E-state index is 11.2. The molecule has 94 valence electrons. The van der Waals surface area contributed by atoms with Crippen LogP contribution >= 0.6 is 11.8 Å². The lowest BCUT2D eigenvalue weighted by atomic mass is 10.2. The zero-order valence-corrected chi connectivity index (χ0v) is 10.6. The number of hydrogen-bond acceptors (Lipinski definition) is 3. The molecule has 0 fully saturated rings. The van der Waals surface area contributed by atoms with Crippen LogP contribution < -0.4 is 10.6 Å². The monoisotopic (exact) mass is 248 g/mol. The van der Waals surface area contributed by atoms with Crippen molar-refractivity contribution in [1.29, 1.82) is 0 Å². The average Bonchev–Trinajstić information content (AvgIpc) is 2.15. The van der Waals surface area contributed by atoms with Crippen LogP contribution in [0.25, 0.3) is 0 Å². The van der Waals surface area contributed by atoms with Gasteiger partial charge in [0, 0.05) is 12.6 Å². The van der Waals surface area contributed by atoms with Crippen molar-refractivity contribution in [3.8, 4) is 0 Å². The summed E-state index contributed by atoms with van der Waals surface area (Å²) >= 11 is 1.78. The van der Waals surface area contributed by atoms with Gasteiger partial charge in [0.05, 0.1) is 6.42 Å². The van der Waals surface area contributed by atoms with Gasteiger partial charge >= 0.3 is 12.0 Å². The highest BCUT2D eigenvalue weighted by atomic mass is 32.2. The van der Waals surface area contributed by atoms with E-state index in [4.69, 9.17) is 5.11 Å². The first kappa shape index (κ1) is 15.1. The van der Waals surface area contributed by atoms with Crippen molar-refractivity contribution in [3.63, 3.8) is 0 Å². The number of carboxylic acid groups (broad SMARTS) is 1. The molecule has 5 nitrogen and oxygen atoms in total. The van der Waals surface area contributed by atoms with Gasteiger partial charge in [-0.25, -0.2) is 4.79 Å². The van der Waals surface area contributed by atoms with Crippen molar-refractivity contribution in [3.05, 3.63) is 0 Å². The number of carbonyl (C=O) groups is 2. The molecule has 0 bridgehead atoms. The number of hydrogen-bond donors (Lipinski definition) is 3. The minimum atomic E-state index is -0.909. The quantitative estimate of drug-likeness (QED) is 0.566. The summed E-state index contributed by atoms with van der Waals surface area (Å²) in [6, 6.07) is -0.637. The van der Waals surface area contributed by atoms with Crippen molar-refractivity contribution in [2.24, 2.45) is 0 Å². The molecule has 0 aliphatic heterocycles. The number of carboxylic acids is 1. The van der Waals surface area contributed by atoms with Crippen LogP contribution in [0.15, 0.2) is 0 Å². The number of carbonyl (C=O) groups excluding carboxylic acids is 1. The third-order valence-corrected chi connectivity index (χ3v) is 2.62. The first-order chi connectivity index (χ1) is 7.56. The lowest BCUT2D eigenvalue weighted by molar-refractivity contribution is -0.137. The van der Waals surface area contributed by atoms with Crippen LogP contribution in [0.5, 0.6) is 0 Å². The van der Waals surface area contributed by atoms with Crippen LogP contribution in [0.4, 0.5) is 4.79 Å². The van der Waals surface area contributed by atoms with E-state index >= 15 is 0 Å². The largest absolute Gasteiger partial charge is 0.481 e. The van der Waals surface area contributed by atoms with Crippen molar-refractivity contribution < 1.29 is 14.7 Å². The predicted octanol–water partition coefficient (Wildman–Crippen LogP) is 1.29. The Morgan fingerprint density at radius 2 is 2.06 bits per heavy atom. The normalized spacial score (nSPS) is 11.9. The summed E-state index contributed by atoms with van der Waals surface area (Å²) in [5.41, 5.74) is 0. The topological polar surface area (TPSA) is 78.4 Å². The average molecular weight is 248 g/mol. The molecule has 3 N–H and O–H groups in total. The van der Waals surface area contributed by atoms with Crippen molar-refractivity contribution in [2.45, 2.75) is 32.2 Å². The maximum atomic E-state index is 11.2. The Hall–Kier alpha value is -0.910. The first-order valence-electron chi connectivity index (χ1n) is 5.31. The van der Waals surface area contributed by atoms with Gasteiger partial charge < -0.3 is 15.7 Å². The molecule has 0 aromatic rings. The molecule has 0 heterocycles. The zero-order valence-electron chi connectivity index (χ0n) is 9.78. The summed E-state index contributed by atoms with van der Waals surface area (Å²) in [5.74, 6) is 0.186. The third-order valence-electron chi connectivity index (χ3n) is 1.92. The predicted molar refractivity (Wildman–Crippen MR) is 65.9 cm³/mol. The van der Waals surface area contributed by atoms with Crippen molar-refractivity contribution >= 4 is 23.8 Å². The molecule has 16 heavy (non-hydrogen) atoms. The Labute approximate surface area is 100 Å². The highest BCUT2D eigenvalue weighted by molar-refractivity contribution is 7.98. The van der Waals surface area contributed by atoms with Crippen LogP contribution in [0.1, 0.15) is 26.2 Å². The van der Waals surface area contributed by atoms with Crippen LogP contribution in [-0.4, -0.2) is 41.7 Å². The first-order valence-corrected chi connectivity index (χ1v) is 6.70. The van der Waals surface area contributed by atoms with E-state index in [-0.39, 0.29) is 18.5 Å². The second-order valence-corrected chi connectivity index (χ2v) is 4.58. The van der Waals surface area contributed by atoms with E-state index in [9.17, 15) is 9.59 Å². The van der Waals surface area contributed by atoms with Crippen LogP contribution in [0.3, 0.4) is 0 Å². The molecule has 0 aromatic carbocycles. The molecular weight excluding hydrogens is 228 g/mol. The number of amides is 2. The number of thioether (sulfide) groups is 1. The van der Waals surface area contributed by atoms with Gasteiger partial charge in [0.2, 0.25) is 0 Å². The minimum absolute atomic E-state index is 0.0557. The van der Waals surface area contributed by atoms with Gasteiger partial charge in [0.25, 0.3) is 0 Å². The molecule has 1 unspecified atom stereocenters. The summed E-state index contributed by atoms with van der Waals surface area (Å²) in [6.45, 7) is 2.30. The lowest BCUT2D eigenvalue weighted by Crippen LogP contribution is -2.41. The molecule has 0 spiro atoms. The molecule has 0 rings (SSSR count). The summed E-state index contributed by atoms with van der Waals surface area (Å²) in [6.07, 6.45) is 4.02. The fourth-order valence-corrected chi connectivity index (χ4v) is 1.65. The molecule has 0 saturated carbocycles. The van der Waals surface area contributed by atoms with Gasteiger partial charge in [-0.1, -0.05) is 0 Å². The second-order valence-electron chi connectivity index (χ2n) is 3.60. The molecule has 2 amide bonds. The van der Waals surface area contributed by atoms with E-state index in [1.807, 2.05) is 6.26 Å². The van der Waals surface area contributed by atoms with Crippen molar-refractivity contribution in [2.75, 3.05) is 18.6 Å². The summed E-state index contributed by atoms with van der Waals surface area (Å²) in [4.78, 5) is 21.6. The molecule has 0 aliphatic carbocycles. The Morgan fingerprint density at radius 1 is 1.38 bits per heavy atom. The van der Waals surface area contributed by atoms with E-state index in [1.165, 1.54) is 0 Å². The van der Waals surface area contributed by atoms with E-state index in [2.05, 4.69) is 10.6 Å². The molecule has 0 saturated heterocycles. The number of rotatable bonds is 8. The van der Waals surface area contributed by atoms with Gasteiger partial charge in [-0.3, -0.25) is 4.79 Å². The van der Waals surface area contributed by atoms with Crippen LogP contribution in [0, 0.1) is 0 Å². The van der Waals surface area contributed by atoms with Gasteiger partial charge in [-0.15, -0.1) is 0 Å².